The highest BCUT2D eigenvalue weighted by molar-refractivity contribution is 5.89. The molecule has 0 bridgehead atoms. The summed E-state index contributed by atoms with van der Waals surface area (Å²) < 4.78 is 5.26. The van der Waals surface area contributed by atoms with Crippen molar-refractivity contribution in [2.75, 3.05) is 44.1 Å². The van der Waals surface area contributed by atoms with Crippen LogP contribution in [0.15, 0.2) is 18.3 Å². The Hall–Kier alpha value is -1.82. The lowest BCUT2D eigenvalue weighted by Crippen LogP contribution is -2.33. The van der Waals surface area contributed by atoms with E-state index < -0.39 is 0 Å². The van der Waals surface area contributed by atoms with Crippen molar-refractivity contribution in [3.05, 3.63) is 18.3 Å². The number of urea groups is 1. The molecular formula is C13H20N4O2. The van der Waals surface area contributed by atoms with Crippen molar-refractivity contribution in [2.24, 2.45) is 5.92 Å². The van der Waals surface area contributed by atoms with Gasteiger partial charge in [0, 0.05) is 33.2 Å². The molecule has 0 aromatic carbocycles. The summed E-state index contributed by atoms with van der Waals surface area (Å²) in [6, 6.07) is 3.49. The van der Waals surface area contributed by atoms with Gasteiger partial charge in [0.2, 0.25) is 0 Å². The Labute approximate surface area is 113 Å². The van der Waals surface area contributed by atoms with E-state index in [9.17, 15) is 4.79 Å². The number of nitrogens with one attached hydrogen (secondary N) is 2. The first kappa shape index (κ1) is 13.6. The zero-order chi connectivity index (χ0) is 13.7. The summed E-state index contributed by atoms with van der Waals surface area (Å²) in [5.41, 5.74) is 0.686. The van der Waals surface area contributed by atoms with Gasteiger partial charge in [-0.05, 0) is 18.6 Å². The highest BCUT2D eigenvalue weighted by Gasteiger charge is 2.16. The van der Waals surface area contributed by atoms with E-state index in [0.717, 1.165) is 25.5 Å². The molecule has 19 heavy (non-hydrogen) atoms. The van der Waals surface area contributed by atoms with Crippen LogP contribution in [-0.2, 0) is 4.74 Å². The van der Waals surface area contributed by atoms with Crippen LogP contribution in [0.2, 0.25) is 0 Å². The Balaban J connectivity index is 1.77. The van der Waals surface area contributed by atoms with Crippen LogP contribution in [0.25, 0.3) is 0 Å². The summed E-state index contributed by atoms with van der Waals surface area (Å²) in [6.45, 7) is 2.18. The maximum atomic E-state index is 11.7. The molecule has 1 atom stereocenters. The van der Waals surface area contributed by atoms with Crippen molar-refractivity contribution in [3.63, 3.8) is 0 Å². The fraction of sp³-hybridized carbons (Fsp3) is 0.538. The minimum Gasteiger partial charge on any atom is -0.381 e. The number of rotatable bonds is 4. The van der Waals surface area contributed by atoms with E-state index in [0.29, 0.717) is 18.2 Å². The van der Waals surface area contributed by atoms with Crippen LogP contribution in [0.3, 0.4) is 0 Å². The average molecular weight is 264 g/mol. The second-order valence-corrected chi connectivity index (χ2v) is 4.86. The van der Waals surface area contributed by atoms with Crippen molar-refractivity contribution in [1.29, 1.82) is 0 Å². The number of ether oxygens (including phenoxy) is 1. The number of carbonyl (C=O) groups is 1. The van der Waals surface area contributed by atoms with Crippen LogP contribution in [0.5, 0.6) is 0 Å². The second kappa shape index (κ2) is 6.38. The molecule has 2 rings (SSSR count). The number of hydrogen-bond donors (Lipinski definition) is 2. The zero-order valence-electron chi connectivity index (χ0n) is 11.3. The predicted molar refractivity (Wildman–Crippen MR) is 74.5 cm³/mol. The molecule has 2 N–H and O–H groups in total. The molecule has 1 aliphatic rings. The number of amides is 2. The summed E-state index contributed by atoms with van der Waals surface area (Å²) >= 11 is 0. The van der Waals surface area contributed by atoms with Crippen LogP contribution in [0, 0.1) is 5.92 Å². The van der Waals surface area contributed by atoms with Crippen LogP contribution < -0.4 is 15.5 Å². The number of hydrogen-bond acceptors (Lipinski definition) is 4. The molecule has 6 nitrogen and oxygen atoms in total. The Bertz CT molecular complexity index is 413. The SMILES string of the molecule is CN(C)c1ccc(NC(=O)NC[C@H]2CCOC2)cn1. The van der Waals surface area contributed by atoms with Gasteiger partial charge in [0.15, 0.2) is 0 Å². The number of carbonyl (C=O) groups excluding carboxylic acids is 1. The van der Waals surface area contributed by atoms with Crippen LogP contribution in [0.1, 0.15) is 6.42 Å². The van der Waals surface area contributed by atoms with E-state index in [1.165, 1.54) is 0 Å². The van der Waals surface area contributed by atoms with E-state index in [1.807, 2.05) is 31.1 Å². The summed E-state index contributed by atoms with van der Waals surface area (Å²) in [6.07, 6.45) is 2.66. The van der Waals surface area contributed by atoms with Gasteiger partial charge in [-0.3, -0.25) is 0 Å². The van der Waals surface area contributed by atoms with Gasteiger partial charge >= 0.3 is 6.03 Å². The average Bonchev–Trinajstić information content (AvgIpc) is 2.90. The quantitative estimate of drug-likeness (QED) is 0.860. The lowest BCUT2D eigenvalue weighted by atomic mass is 10.1. The summed E-state index contributed by atoms with van der Waals surface area (Å²) in [5, 5.41) is 5.60. The molecule has 2 heterocycles. The van der Waals surface area contributed by atoms with Gasteiger partial charge in [0.25, 0.3) is 0 Å². The molecule has 1 saturated heterocycles. The number of anilines is 2. The summed E-state index contributed by atoms with van der Waals surface area (Å²) in [7, 11) is 3.84. The third-order valence-corrected chi connectivity index (χ3v) is 3.04. The predicted octanol–water partition coefficient (Wildman–Crippen LogP) is 1.31. The maximum absolute atomic E-state index is 11.7. The molecule has 1 aliphatic heterocycles. The monoisotopic (exact) mass is 264 g/mol. The van der Waals surface area contributed by atoms with Gasteiger partial charge in [-0.2, -0.15) is 0 Å². The van der Waals surface area contributed by atoms with E-state index >= 15 is 0 Å². The molecule has 0 saturated carbocycles. The number of pyridine rings is 1. The topological polar surface area (TPSA) is 66.5 Å². The first-order chi connectivity index (χ1) is 9.15. The first-order valence-electron chi connectivity index (χ1n) is 6.41. The Morgan fingerprint density at radius 2 is 2.37 bits per heavy atom. The van der Waals surface area contributed by atoms with Crippen molar-refractivity contribution in [1.82, 2.24) is 10.3 Å². The molecule has 1 aromatic rings. The minimum absolute atomic E-state index is 0.202. The van der Waals surface area contributed by atoms with Gasteiger partial charge < -0.3 is 20.3 Å². The second-order valence-electron chi connectivity index (χ2n) is 4.86. The molecule has 1 aromatic heterocycles. The number of aromatic nitrogens is 1. The van der Waals surface area contributed by atoms with Crippen LogP contribution >= 0.6 is 0 Å². The molecule has 104 valence electrons. The molecule has 0 radical (unpaired) electrons. The van der Waals surface area contributed by atoms with Gasteiger partial charge in [-0.1, -0.05) is 0 Å². The lowest BCUT2D eigenvalue weighted by molar-refractivity contribution is 0.185. The van der Waals surface area contributed by atoms with Crippen LogP contribution in [0.4, 0.5) is 16.3 Å². The molecule has 0 spiro atoms. The minimum atomic E-state index is -0.202. The molecule has 2 amide bonds. The van der Waals surface area contributed by atoms with Gasteiger partial charge in [-0.25, -0.2) is 9.78 Å². The largest absolute Gasteiger partial charge is 0.381 e. The fourth-order valence-corrected chi connectivity index (χ4v) is 1.88. The van der Waals surface area contributed by atoms with E-state index in [-0.39, 0.29) is 6.03 Å². The number of nitrogens with zero attached hydrogens (tertiary/aromatic N) is 2. The standard InChI is InChI=1S/C13H20N4O2/c1-17(2)12-4-3-11(8-14-12)16-13(18)15-7-10-5-6-19-9-10/h3-4,8,10H,5-7,9H2,1-2H3,(H2,15,16,18)/t10-/m1/s1. The van der Waals surface area contributed by atoms with E-state index in [2.05, 4.69) is 15.6 Å². The lowest BCUT2D eigenvalue weighted by Gasteiger charge is -2.13. The first-order valence-corrected chi connectivity index (χ1v) is 6.41. The normalized spacial score (nSPS) is 18.1. The van der Waals surface area contributed by atoms with E-state index in [4.69, 9.17) is 4.74 Å². The maximum Gasteiger partial charge on any atom is 0.319 e. The smallest absolute Gasteiger partial charge is 0.319 e. The van der Waals surface area contributed by atoms with Crippen LogP contribution in [-0.4, -0.2) is 44.9 Å². The molecular weight excluding hydrogens is 244 g/mol. The van der Waals surface area contributed by atoms with Gasteiger partial charge in [0.05, 0.1) is 18.5 Å². The third kappa shape index (κ3) is 4.10. The molecule has 6 heteroatoms. The highest BCUT2D eigenvalue weighted by atomic mass is 16.5. The van der Waals surface area contributed by atoms with Crippen molar-refractivity contribution in [3.8, 4) is 0 Å². The highest BCUT2D eigenvalue weighted by Crippen LogP contribution is 2.12. The molecule has 0 unspecified atom stereocenters. The fourth-order valence-electron chi connectivity index (χ4n) is 1.88. The van der Waals surface area contributed by atoms with Gasteiger partial charge in [0.1, 0.15) is 5.82 Å². The Morgan fingerprint density at radius 1 is 1.53 bits per heavy atom. The Kier molecular flexibility index (Phi) is 4.57. The molecule has 0 aliphatic carbocycles. The Morgan fingerprint density at radius 3 is 2.95 bits per heavy atom. The van der Waals surface area contributed by atoms with Crippen molar-refractivity contribution < 1.29 is 9.53 Å². The van der Waals surface area contributed by atoms with Gasteiger partial charge in [-0.15, -0.1) is 0 Å². The summed E-state index contributed by atoms with van der Waals surface area (Å²) in [5.74, 6) is 1.29. The van der Waals surface area contributed by atoms with E-state index in [1.54, 1.807) is 6.20 Å². The zero-order valence-corrected chi connectivity index (χ0v) is 11.3. The summed E-state index contributed by atoms with van der Waals surface area (Å²) in [4.78, 5) is 17.8. The van der Waals surface area contributed by atoms with Crippen molar-refractivity contribution in [2.45, 2.75) is 6.42 Å². The molecule has 1 fully saturated rings. The third-order valence-electron chi connectivity index (χ3n) is 3.04. The van der Waals surface area contributed by atoms with Crippen molar-refractivity contribution >= 4 is 17.5 Å².